The van der Waals surface area contributed by atoms with Crippen molar-refractivity contribution in [3.63, 3.8) is 0 Å². The molecule has 0 radical (unpaired) electrons. The molecule has 96 valence electrons. The van der Waals surface area contributed by atoms with E-state index in [0.717, 1.165) is 0 Å². The standard InChI is InChI=1S/C12H15F3O2.K/c1-9(7-8-10(2)16)5-3-4-6-11(17)12(13,14)15;/h7-8,16H,1-6H2;/q;+1/p-1/b8-7-;. The first-order chi connectivity index (χ1) is 7.73. The number of hydrogen-bond acceptors (Lipinski definition) is 2. The van der Waals surface area contributed by atoms with Gasteiger partial charge in [0.05, 0.1) is 0 Å². The number of unbranched alkanes of at least 4 members (excludes halogenated alkanes) is 1. The molecule has 0 atom stereocenters. The van der Waals surface area contributed by atoms with E-state index in [1.807, 2.05) is 0 Å². The van der Waals surface area contributed by atoms with Gasteiger partial charge in [-0.05, 0) is 19.3 Å². The fourth-order valence-electron chi connectivity index (χ4n) is 1.07. The predicted octanol–water partition coefficient (Wildman–Crippen LogP) is -0.331. The van der Waals surface area contributed by atoms with Crippen LogP contribution in [0.25, 0.3) is 0 Å². The Morgan fingerprint density at radius 3 is 2.06 bits per heavy atom. The van der Waals surface area contributed by atoms with E-state index in [2.05, 4.69) is 13.2 Å². The summed E-state index contributed by atoms with van der Waals surface area (Å²) < 4.78 is 35.5. The van der Waals surface area contributed by atoms with Gasteiger partial charge in [-0.1, -0.05) is 24.3 Å². The number of rotatable bonds is 7. The van der Waals surface area contributed by atoms with Gasteiger partial charge in [-0.3, -0.25) is 4.79 Å². The summed E-state index contributed by atoms with van der Waals surface area (Å²) in [5, 5.41) is 10.5. The average molecular weight is 286 g/mol. The van der Waals surface area contributed by atoms with Crippen molar-refractivity contribution in [2.75, 3.05) is 0 Å². The quantitative estimate of drug-likeness (QED) is 0.278. The van der Waals surface area contributed by atoms with Gasteiger partial charge in [0.15, 0.2) is 0 Å². The molecule has 0 saturated heterocycles. The van der Waals surface area contributed by atoms with Crippen molar-refractivity contribution in [3.05, 3.63) is 36.6 Å². The molecule has 0 aliphatic rings. The van der Waals surface area contributed by atoms with E-state index in [0.29, 0.717) is 18.4 Å². The number of Topliss-reactive ketones (excluding diaryl/α,β-unsaturated/α-hetero) is 1. The number of allylic oxidation sites excluding steroid dienone is 3. The summed E-state index contributed by atoms with van der Waals surface area (Å²) in [6.45, 7) is 6.74. The summed E-state index contributed by atoms with van der Waals surface area (Å²) in [7, 11) is 0. The molecule has 0 bridgehead atoms. The molecular formula is C12H14F3KO2. The molecule has 0 N–H and O–H groups in total. The Morgan fingerprint density at radius 2 is 1.61 bits per heavy atom. The van der Waals surface area contributed by atoms with E-state index >= 15 is 0 Å². The number of carbonyl (C=O) groups is 1. The smallest absolute Gasteiger partial charge is 0.873 e. The van der Waals surface area contributed by atoms with Crippen molar-refractivity contribution >= 4 is 5.78 Å². The van der Waals surface area contributed by atoms with Gasteiger partial charge >= 0.3 is 57.6 Å². The maximum Gasteiger partial charge on any atom is 1.00 e. The van der Waals surface area contributed by atoms with Gasteiger partial charge in [0.25, 0.3) is 0 Å². The van der Waals surface area contributed by atoms with E-state index in [1.165, 1.54) is 12.2 Å². The monoisotopic (exact) mass is 286 g/mol. The molecule has 0 aromatic carbocycles. The third kappa shape index (κ3) is 11.2. The molecule has 0 rings (SSSR count). The second-order valence-electron chi connectivity index (χ2n) is 3.59. The van der Waals surface area contributed by atoms with Crippen molar-refractivity contribution < 1.29 is 74.5 Å². The second kappa shape index (κ2) is 9.97. The number of alkyl halides is 3. The van der Waals surface area contributed by atoms with E-state index < -0.39 is 18.4 Å². The second-order valence-corrected chi connectivity index (χ2v) is 3.59. The molecule has 0 aromatic heterocycles. The SMILES string of the molecule is C=C([O-])/C=C\C(=C)CCCCC(=O)C(F)(F)F.[K+]. The molecule has 18 heavy (non-hydrogen) atoms. The number of carbonyl (C=O) groups excluding carboxylic acids is 1. The van der Waals surface area contributed by atoms with Gasteiger partial charge in [0.1, 0.15) is 0 Å². The number of hydrogen-bond donors (Lipinski definition) is 0. The van der Waals surface area contributed by atoms with Crippen molar-refractivity contribution in [2.24, 2.45) is 0 Å². The Bertz CT molecular complexity index is 333. The molecule has 0 aliphatic heterocycles. The summed E-state index contributed by atoms with van der Waals surface area (Å²) in [5.41, 5.74) is 0.626. The molecule has 6 heteroatoms. The normalized spacial score (nSPS) is 11.1. The molecule has 0 spiro atoms. The van der Waals surface area contributed by atoms with Gasteiger partial charge in [-0.15, -0.1) is 12.3 Å². The molecule has 0 saturated carbocycles. The predicted molar refractivity (Wildman–Crippen MR) is 57.0 cm³/mol. The first kappa shape index (κ1) is 20.4. The van der Waals surface area contributed by atoms with E-state index in [-0.39, 0.29) is 63.6 Å². The average Bonchev–Trinajstić information content (AvgIpc) is 2.19. The zero-order chi connectivity index (χ0) is 13.5. The molecule has 0 heterocycles. The van der Waals surface area contributed by atoms with Crippen LogP contribution < -0.4 is 56.5 Å². The van der Waals surface area contributed by atoms with Crippen molar-refractivity contribution in [3.8, 4) is 0 Å². The van der Waals surface area contributed by atoms with Gasteiger partial charge < -0.3 is 5.11 Å². The topological polar surface area (TPSA) is 40.1 Å². The molecule has 0 aliphatic carbocycles. The van der Waals surface area contributed by atoms with Gasteiger partial charge in [0.2, 0.25) is 5.78 Å². The van der Waals surface area contributed by atoms with E-state index in [1.54, 1.807) is 0 Å². The summed E-state index contributed by atoms with van der Waals surface area (Å²) in [6, 6.07) is 0. The van der Waals surface area contributed by atoms with Crippen LogP contribution in [0.3, 0.4) is 0 Å². The molecule has 0 fully saturated rings. The largest absolute Gasteiger partial charge is 1.00 e. The third-order valence-corrected chi connectivity index (χ3v) is 1.97. The minimum absolute atomic E-state index is 0. The molecule has 0 aromatic rings. The maximum absolute atomic E-state index is 11.8. The van der Waals surface area contributed by atoms with Gasteiger partial charge in [0, 0.05) is 6.42 Å². The summed E-state index contributed by atoms with van der Waals surface area (Å²) in [6.07, 6.45) is -1.50. The Morgan fingerprint density at radius 1 is 1.11 bits per heavy atom. The van der Waals surface area contributed by atoms with Crippen LogP contribution in [0.1, 0.15) is 25.7 Å². The summed E-state index contributed by atoms with van der Waals surface area (Å²) in [5.74, 6) is -2.06. The molecule has 0 amide bonds. The molecule has 0 unspecified atom stereocenters. The van der Waals surface area contributed by atoms with Crippen LogP contribution in [0, 0.1) is 0 Å². The first-order valence-corrected chi connectivity index (χ1v) is 5.05. The summed E-state index contributed by atoms with van der Waals surface area (Å²) in [4.78, 5) is 10.5. The van der Waals surface area contributed by atoms with Crippen LogP contribution in [0.4, 0.5) is 13.2 Å². The zero-order valence-corrected chi connectivity index (χ0v) is 13.5. The molecular weight excluding hydrogens is 272 g/mol. The minimum Gasteiger partial charge on any atom is -0.873 e. The third-order valence-electron chi connectivity index (χ3n) is 1.97. The number of halogens is 3. The molecule has 2 nitrogen and oxygen atoms in total. The fourth-order valence-corrected chi connectivity index (χ4v) is 1.07. The maximum atomic E-state index is 11.8. The minimum atomic E-state index is -4.74. The first-order valence-electron chi connectivity index (χ1n) is 5.05. The summed E-state index contributed by atoms with van der Waals surface area (Å²) >= 11 is 0. The van der Waals surface area contributed by atoms with Crippen LogP contribution in [0.2, 0.25) is 0 Å². The van der Waals surface area contributed by atoms with Crippen LogP contribution >= 0.6 is 0 Å². The van der Waals surface area contributed by atoms with Crippen LogP contribution in [0.15, 0.2) is 36.6 Å². The Hall–Kier alpha value is 0.116. The van der Waals surface area contributed by atoms with Crippen LogP contribution in [0.5, 0.6) is 0 Å². The van der Waals surface area contributed by atoms with Crippen molar-refractivity contribution in [1.29, 1.82) is 0 Å². The Labute approximate surface area is 147 Å². The van der Waals surface area contributed by atoms with Crippen molar-refractivity contribution in [1.82, 2.24) is 0 Å². The zero-order valence-electron chi connectivity index (χ0n) is 10.3. The van der Waals surface area contributed by atoms with E-state index in [4.69, 9.17) is 0 Å². The van der Waals surface area contributed by atoms with Gasteiger partial charge in [-0.25, -0.2) is 0 Å². The van der Waals surface area contributed by atoms with E-state index in [9.17, 15) is 23.1 Å². The van der Waals surface area contributed by atoms with Crippen LogP contribution in [-0.4, -0.2) is 12.0 Å². The number of ketones is 1. The van der Waals surface area contributed by atoms with Gasteiger partial charge in [-0.2, -0.15) is 13.2 Å². The Balaban J connectivity index is 0. The van der Waals surface area contributed by atoms with Crippen LogP contribution in [-0.2, 0) is 4.79 Å². The van der Waals surface area contributed by atoms with Crippen molar-refractivity contribution in [2.45, 2.75) is 31.9 Å². The fraction of sp³-hybridized carbons (Fsp3) is 0.417. The Kier molecular flexibility index (Phi) is 11.3.